The first-order valence-corrected chi connectivity index (χ1v) is 8.75. The Labute approximate surface area is 142 Å². The van der Waals surface area contributed by atoms with Gasteiger partial charge in [-0.2, -0.15) is 0 Å². The van der Waals surface area contributed by atoms with Gasteiger partial charge in [0.15, 0.2) is 0 Å². The van der Waals surface area contributed by atoms with E-state index in [1.807, 2.05) is 36.1 Å². The van der Waals surface area contributed by atoms with E-state index in [1.54, 1.807) is 7.11 Å². The number of fused-ring (bicyclic) bond motifs is 1. The highest BCUT2D eigenvalue weighted by molar-refractivity contribution is 5.82. The fourth-order valence-corrected chi connectivity index (χ4v) is 4.18. The molecule has 3 atom stereocenters. The maximum absolute atomic E-state index is 12.5. The first kappa shape index (κ1) is 16.8. The van der Waals surface area contributed by atoms with Crippen LogP contribution in [-0.2, 0) is 9.53 Å². The van der Waals surface area contributed by atoms with Crippen molar-refractivity contribution in [2.75, 3.05) is 20.3 Å². The van der Waals surface area contributed by atoms with Crippen molar-refractivity contribution in [2.24, 2.45) is 11.8 Å². The zero-order chi connectivity index (χ0) is 17.1. The van der Waals surface area contributed by atoms with Crippen LogP contribution in [0.1, 0.15) is 44.2 Å². The van der Waals surface area contributed by atoms with Crippen LogP contribution < -0.4 is 4.74 Å². The average Bonchev–Trinajstić information content (AvgIpc) is 2.61. The maximum atomic E-state index is 12.5. The van der Waals surface area contributed by atoms with Gasteiger partial charge >= 0.3 is 6.09 Å². The number of carbonyl (C=O) groups is 2. The van der Waals surface area contributed by atoms with Crippen LogP contribution in [0.5, 0.6) is 5.75 Å². The summed E-state index contributed by atoms with van der Waals surface area (Å²) in [5.41, 5.74) is 1.05. The predicted molar refractivity (Wildman–Crippen MR) is 89.9 cm³/mol. The van der Waals surface area contributed by atoms with Crippen LogP contribution in [0.25, 0.3) is 0 Å². The van der Waals surface area contributed by atoms with Gasteiger partial charge in [0.05, 0.1) is 19.8 Å². The molecular formula is C19H25NO4. The normalized spacial score (nSPS) is 26.7. The number of likely N-dealkylation sites (tertiary alicyclic amines) is 1. The molecule has 1 saturated heterocycles. The molecule has 2 aliphatic rings. The number of hydrogen-bond acceptors (Lipinski definition) is 4. The molecule has 0 aromatic heterocycles. The van der Waals surface area contributed by atoms with Gasteiger partial charge in [-0.3, -0.25) is 4.79 Å². The predicted octanol–water partition coefficient (Wildman–Crippen LogP) is 3.58. The zero-order valence-corrected chi connectivity index (χ0v) is 14.4. The van der Waals surface area contributed by atoms with E-state index < -0.39 is 0 Å². The van der Waals surface area contributed by atoms with E-state index in [-0.39, 0.29) is 24.0 Å². The Morgan fingerprint density at radius 3 is 2.67 bits per heavy atom. The Morgan fingerprint density at radius 2 is 2.00 bits per heavy atom. The first-order chi connectivity index (χ1) is 11.7. The lowest BCUT2D eigenvalue weighted by atomic mass is 9.68. The summed E-state index contributed by atoms with van der Waals surface area (Å²) in [6, 6.07) is 7.71. The molecule has 1 amide bonds. The van der Waals surface area contributed by atoms with Crippen molar-refractivity contribution in [3.63, 3.8) is 0 Å². The first-order valence-electron chi connectivity index (χ1n) is 8.75. The Hall–Kier alpha value is -2.04. The molecule has 0 radical (unpaired) electrons. The van der Waals surface area contributed by atoms with Crippen molar-refractivity contribution in [3.05, 3.63) is 29.8 Å². The van der Waals surface area contributed by atoms with Crippen molar-refractivity contribution in [3.8, 4) is 5.75 Å². The third kappa shape index (κ3) is 3.12. The molecule has 130 valence electrons. The van der Waals surface area contributed by atoms with Crippen LogP contribution in [0.15, 0.2) is 24.3 Å². The van der Waals surface area contributed by atoms with Gasteiger partial charge in [-0.15, -0.1) is 0 Å². The Kier molecular flexibility index (Phi) is 5.07. The molecule has 1 aromatic rings. The van der Waals surface area contributed by atoms with Crippen molar-refractivity contribution in [1.82, 2.24) is 4.90 Å². The standard InChI is InChI=1S/C19H25NO4/c1-3-24-19(22)20-12-11-15-16(5-4-6-17(15)21)18(20)13-7-9-14(23-2)10-8-13/h7-10,15-16,18H,3-6,11-12H2,1-2H3/t15-,16+,18+/m0/s1. The van der Waals surface area contributed by atoms with Gasteiger partial charge in [-0.25, -0.2) is 4.79 Å². The van der Waals surface area contributed by atoms with Gasteiger partial charge in [-0.1, -0.05) is 12.1 Å². The number of rotatable bonds is 3. The number of amides is 1. The molecule has 0 spiro atoms. The number of piperidine rings is 1. The van der Waals surface area contributed by atoms with Gasteiger partial charge in [0, 0.05) is 18.9 Å². The van der Waals surface area contributed by atoms with Crippen LogP contribution in [0.2, 0.25) is 0 Å². The lowest BCUT2D eigenvalue weighted by Crippen LogP contribution is -2.49. The number of ketones is 1. The van der Waals surface area contributed by atoms with Crippen LogP contribution in [0.3, 0.4) is 0 Å². The van der Waals surface area contributed by atoms with Crippen molar-refractivity contribution >= 4 is 11.9 Å². The Morgan fingerprint density at radius 1 is 1.25 bits per heavy atom. The smallest absolute Gasteiger partial charge is 0.410 e. The second kappa shape index (κ2) is 7.24. The second-order valence-electron chi connectivity index (χ2n) is 6.53. The fraction of sp³-hybridized carbons (Fsp3) is 0.579. The lowest BCUT2D eigenvalue weighted by molar-refractivity contribution is -0.130. The molecule has 1 aromatic carbocycles. The number of Topliss-reactive ketones (excluding diaryl/α,β-unsaturated/α-hetero) is 1. The topological polar surface area (TPSA) is 55.8 Å². The molecular weight excluding hydrogens is 306 g/mol. The quantitative estimate of drug-likeness (QED) is 0.849. The largest absolute Gasteiger partial charge is 0.497 e. The molecule has 5 nitrogen and oxygen atoms in total. The summed E-state index contributed by atoms with van der Waals surface area (Å²) in [5, 5.41) is 0. The second-order valence-corrected chi connectivity index (χ2v) is 6.53. The maximum Gasteiger partial charge on any atom is 0.410 e. The molecule has 5 heteroatoms. The molecule has 0 N–H and O–H groups in total. The number of methoxy groups -OCH3 is 1. The highest BCUT2D eigenvalue weighted by Crippen LogP contribution is 2.45. The third-order valence-electron chi connectivity index (χ3n) is 5.27. The van der Waals surface area contributed by atoms with E-state index in [1.165, 1.54) is 0 Å². The molecule has 1 aliphatic heterocycles. The number of nitrogens with zero attached hydrogens (tertiary/aromatic N) is 1. The van der Waals surface area contributed by atoms with Crippen molar-refractivity contribution in [1.29, 1.82) is 0 Å². The minimum Gasteiger partial charge on any atom is -0.497 e. The van der Waals surface area contributed by atoms with Gasteiger partial charge in [0.25, 0.3) is 0 Å². The van der Waals surface area contributed by atoms with Gasteiger partial charge in [-0.05, 0) is 49.8 Å². The number of benzene rings is 1. The Bertz CT molecular complexity index is 598. The highest BCUT2D eigenvalue weighted by atomic mass is 16.6. The van der Waals surface area contributed by atoms with Crippen LogP contribution >= 0.6 is 0 Å². The van der Waals surface area contributed by atoms with E-state index in [2.05, 4.69) is 0 Å². The van der Waals surface area contributed by atoms with E-state index >= 15 is 0 Å². The van der Waals surface area contributed by atoms with Crippen LogP contribution in [-0.4, -0.2) is 37.0 Å². The average molecular weight is 331 g/mol. The number of ether oxygens (including phenoxy) is 2. The summed E-state index contributed by atoms with van der Waals surface area (Å²) in [5.74, 6) is 1.39. The molecule has 3 rings (SSSR count). The van der Waals surface area contributed by atoms with E-state index in [4.69, 9.17) is 9.47 Å². The van der Waals surface area contributed by atoms with Gasteiger partial charge < -0.3 is 14.4 Å². The monoisotopic (exact) mass is 331 g/mol. The molecule has 0 bridgehead atoms. The SMILES string of the molecule is CCOC(=O)N1CC[C@@H]2C(=O)CCC[C@H]2[C@H]1c1ccc(OC)cc1. The van der Waals surface area contributed by atoms with E-state index in [0.29, 0.717) is 25.4 Å². The number of hydrogen-bond donors (Lipinski definition) is 0. The summed E-state index contributed by atoms with van der Waals surface area (Å²) in [6.07, 6.45) is 3.02. The minimum atomic E-state index is -0.283. The van der Waals surface area contributed by atoms with Gasteiger partial charge in [0.2, 0.25) is 0 Å². The molecule has 1 heterocycles. The molecule has 1 aliphatic carbocycles. The van der Waals surface area contributed by atoms with E-state index in [0.717, 1.165) is 30.6 Å². The summed E-state index contributed by atoms with van der Waals surface area (Å²) in [7, 11) is 1.64. The highest BCUT2D eigenvalue weighted by Gasteiger charge is 2.45. The summed E-state index contributed by atoms with van der Waals surface area (Å²) in [4.78, 5) is 26.6. The number of carbonyl (C=O) groups excluding carboxylic acids is 2. The molecule has 1 saturated carbocycles. The summed E-state index contributed by atoms with van der Waals surface area (Å²) in [6.45, 7) is 2.75. The van der Waals surface area contributed by atoms with E-state index in [9.17, 15) is 9.59 Å². The zero-order valence-electron chi connectivity index (χ0n) is 14.4. The minimum absolute atomic E-state index is 0.0662. The molecule has 0 unspecified atom stereocenters. The summed E-state index contributed by atoms with van der Waals surface area (Å²) >= 11 is 0. The fourth-order valence-electron chi connectivity index (χ4n) is 4.18. The van der Waals surface area contributed by atoms with Gasteiger partial charge in [0.1, 0.15) is 11.5 Å². The van der Waals surface area contributed by atoms with Crippen molar-refractivity contribution in [2.45, 2.75) is 38.6 Å². The Balaban J connectivity index is 1.94. The van der Waals surface area contributed by atoms with Crippen LogP contribution in [0, 0.1) is 11.8 Å². The van der Waals surface area contributed by atoms with Crippen LogP contribution in [0.4, 0.5) is 4.79 Å². The lowest BCUT2D eigenvalue weighted by Gasteiger charge is -2.46. The molecule has 24 heavy (non-hydrogen) atoms. The molecule has 2 fully saturated rings. The third-order valence-corrected chi connectivity index (χ3v) is 5.27. The summed E-state index contributed by atoms with van der Waals surface area (Å²) < 4.78 is 10.5. The van der Waals surface area contributed by atoms with Crippen molar-refractivity contribution < 1.29 is 19.1 Å².